The lowest BCUT2D eigenvalue weighted by molar-refractivity contribution is 0.940. The summed E-state index contributed by atoms with van der Waals surface area (Å²) < 4.78 is 0. The minimum Gasteiger partial charge on any atom is -0.325 e. The van der Waals surface area contributed by atoms with Crippen molar-refractivity contribution in [3.63, 3.8) is 0 Å². The lowest BCUT2D eigenvalue weighted by atomic mass is 10.1. The Balaban J connectivity index is 2.55. The zero-order chi connectivity index (χ0) is 9.97. The minimum atomic E-state index is 0.446. The van der Waals surface area contributed by atoms with Gasteiger partial charge in [0.05, 0.1) is 5.69 Å². The predicted octanol–water partition coefficient (Wildman–Crippen LogP) is 1.24. The van der Waals surface area contributed by atoms with E-state index in [-0.39, 0.29) is 0 Å². The molecular weight excluding hydrogens is 176 g/mol. The van der Waals surface area contributed by atoms with Gasteiger partial charge in [0.25, 0.3) is 0 Å². The number of hydrogen-bond acceptors (Lipinski definition) is 3. The third kappa shape index (κ3) is 1.40. The molecule has 0 saturated carbocycles. The van der Waals surface area contributed by atoms with Gasteiger partial charge in [-0.15, -0.1) is 0 Å². The van der Waals surface area contributed by atoms with Gasteiger partial charge < -0.3 is 5.73 Å². The van der Waals surface area contributed by atoms with Gasteiger partial charge in [-0.2, -0.15) is 5.10 Å². The summed E-state index contributed by atoms with van der Waals surface area (Å²) in [5.74, 6) is 0. The van der Waals surface area contributed by atoms with E-state index in [1.165, 1.54) is 0 Å². The van der Waals surface area contributed by atoms with E-state index in [9.17, 15) is 0 Å². The largest absolute Gasteiger partial charge is 0.325 e. The van der Waals surface area contributed by atoms with Crippen molar-refractivity contribution in [3.05, 3.63) is 35.9 Å². The summed E-state index contributed by atoms with van der Waals surface area (Å²) in [6, 6.07) is 3.91. The summed E-state index contributed by atoms with van der Waals surface area (Å²) in [6.07, 6.45) is 3.53. The van der Waals surface area contributed by atoms with Gasteiger partial charge >= 0.3 is 0 Å². The van der Waals surface area contributed by atoms with Crippen LogP contribution in [0.3, 0.4) is 0 Å². The van der Waals surface area contributed by atoms with Gasteiger partial charge in [0.15, 0.2) is 0 Å². The van der Waals surface area contributed by atoms with Gasteiger partial charge in [0, 0.05) is 30.2 Å². The molecule has 2 heterocycles. The van der Waals surface area contributed by atoms with Crippen molar-refractivity contribution in [2.75, 3.05) is 0 Å². The van der Waals surface area contributed by atoms with Gasteiger partial charge in [-0.05, 0) is 24.6 Å². The van der Waals surface area contributed by atoms with Crippen LogP contribution in [0, 0.1) is 6.92 Å². The summed E-state index contributed by atoms with van der Waals surface area (Å²) in [5.41, 5.74) is 9.73. The van der Waals surface area contributed by atoms with Crippen LogP contribution in [0.1, 0.15) is 11.4 Å². The van der Waals surface area contributed by atoms with E-state index in [1.807, 2.05) is 19.1 Å². The molecule has 0 unspecified atom stereocenters. The van der Waals surface area contributed by atoms with Crippen molar-refractivity contribution >= 4 is 0 Å². The van der Waals surface area contributed by atoms with E-state index in [1.54, 1.807) is 12.4 Å². The van der Waals surface area contributed by atoms with Crippen molar-refractivity contribution in [1.82, 2.24) is 15.2 Å². The highest BCUT2D eigenvalue weighted by Crippen LogP contribution is 2.24. The standard InChI is InChI=1S/C10H12N4/c1-7-10(9(6-11)14-13-7)8-2-4-12-5-3-8/h2-5H,6,11H2,1H3,(H,13,14). The summed E-state index contributed by atoms with van der Waals surface area (Å²) >= 11 is 0. The van der Waals surface area contributed by atoms with Crippen LogP contribution in [0.15, 0.2) is 24.5 Å². The normalized spacial score (nSPS) is 10.4. The Labute approximate surface area is 82.2 Å². The number of aryl methyl sites for hydroxylation is 1. The maximum absolute atomic E-state index is 5.60. The molecule has 0 aliphatic heterocycles. The lowest BCUT2D eigenvalue weighted by Gasteiger charge is -2.01. The number of H-pyrrole nitrogens is 1. The molecule has 0 saturated heterocycles. The topological polar surface area (TPSA) is 67.6 Å². The van der Waals surface area contributed by atoms with Gasteiger partial charge in [0.2, 0.25) is 0 Å². The number of aromatic nitrogens is 3. The first-order chi connectivity index (χ1) is 6.83. The van der Waals surface area contributed by atoms with Crippen LogP contribution in [0.4, 0.5) is 0 Å². The molecule has 2 rings (SSSR count). The average Bonchev–Trinajstić information content (AvgIpc) is 2.61. The smallest absolute Gasteiger partial charge is 0.0838 e. The number of nitrogens with two attached hydrogens (primary N) is 1. The van der Waals surface area contributed by atoms with E-state index in [4.69, 9.17) is 5.73 Å². The van der Waals surface area contributed by atoms with Gasteiger partial charge in [-0.1, -0.05) is 0 Å². The molecule has 0 spiro atoms. The summed E-state index contributed by atoms with van der Waals surface area (Å²) in [7, 11) is 0. The van der Waals surface area contributed by atoms with Crippen LogP contribution in [-0.2, 0) is 6.54 Å². The Hall–Kier alpha value is -1.68. The fourth-order valence-electron chi connectivity index (χ4n) is 1.53. The number of nitrogens with zero attached hydrogens (tertiary/aromatic N) is 2. The van der Waals surface area contributed by atoms with Crippen LogP contribution in [0.5, 0.6) is 0 Å². The van der Waals surface area contributed by atoms with Crippen LogP contribution in [0.2, 0.25) is 0 Å². The van der Waals surface area contributed by atoms with Crippen molar-refractivity contribution in [1.29, 1.82) is 0 Å². The number of pyridine rings is 1. The van der Waals surface area contributed by atoms with Crippen LogP contribution in [0.25, 0.3) is 11.1 Å². The molecule has 2 aromatic heterocycles. The Bertz CT molecular complexity index is 419. The van der Waals surface area contributed by atoms with Crippen LogP contribution < -0.4 is 5.73 Å². The predicted molar refractivity (Wildman–Crippen MR) is 54.4 cm³/mol. The molecule has 0 atom stereocenters. The van der Waals surface area contributed by atoms with Gasteiger partial charge in [0.1, 0.15) is 0 Å². The molecule has 0 aromatic carbocycles. The van der Waals surface area contributed by atoms with E-state index >= 15 is 0 Å². The maximum Gasteiger partial charge on any atom is 0.0838 e. The second-order valence-electron chi connectivity index (χ2n) is 3.11. The number of nitrogens with one attached hydrogen (secondary N) is 1. The molecule has 0 aliphatic carbocycles. The lowest BCUT2D eigenvalue weighted by Crippen LogP contribution is -1.98. The minimum absolute atomic E-state index is 0.446. The van der Waals surface area contributed by atoms with Crippen LogP contribution in [-0.4, -0.2) is 15.2 Å². The molecule has 0 bridgehead atoms. The molecule has 4 heteroatoms. The number of aromatic amines is 1. The average molecular weight is 188 g/mol. The molecule has 0 fully saturated rings. The maximum atomic E-state index is 5.60. The number of rotatable bonds is 2. The Morgan fingerprint density at radius 2 is 2.07 bits per heavy atom. The molecule has 0 amide bonds. The highest BCUT2D eigenvalue weighted by molar-refractivity contribution is 5.67. The molecule has 2 aromatic rings. The molecule has 14 heavy (non-hydrogen) atoms. The first-order valence-corrected chi connectivity index (χ1v) is 4.47. The third-order valence-electron chi connectivity index (χ3n) is 2.18. The van der Waals surface area contributed by atoms with E-state index in [0.717, 1.165) is 22.5 Å². The number of hydrogen-bond donors (Lipinski definition) is 2. The Kier molecular flexibility index (Phi) is 2.28. The van der Waals surface area contributed by atoms with Crippen LogP contribution >= 0.6 is 0 Å². The van der Waals surface area contributed by atoms with Gasteiger partial charge in [-0.25, -0.2) is 0 Å². The fourth-order valence-corrected chi connectivity index (χ4v) is 1.53. The first kappa shape index (κ1) is 8.90. The molecule has 4 nitrogen and oxygen atoms in total. The van der Waals surface area contributed by atoms with E-state index < -0.39 is 0 Å². The second-order valence-corrected chi connectivity index (χ2v) is 3.11. The zero-order valence-electron chi connectivity index (χ0n) is 7.99. The SMILES string of the molecule is Cc1[nH]nc(CN)c1-c1ccncc1. The van der Waals surface area contributed by atoms with Gasteiger partial charge in [-0.3, -0.25) is 10.1 Å². The van der Waals surface area contributed by atoms with Crippen molar-refractivity contribution in [3.8, 4) is 11.1 Å². The quantitative estimate of drug-likeness (QED) is 0.745. The molecule has 3 N–H and O–H groups in total. The molecule has 0 radical (unpaired) electrons. The highest BCUT2D eigenvalue weighted by Gasteiger charge is 2.09. The van der Waals surface area contributed by atoms with Crippen molar-refractivity contribution in [2.24, 2.45) is 5.73 Å². The second kappa shape index (κ2) is 3.59. The summed E-state index contributed by atoms with van der Waals surface area (Å²) in [5, 5.41) is 7.08. The monoisotopic (exact) mass is 188 g/mol. The first-order valence-electron chi connectivity index (χ1n) is 4.47. The molecule has 0 aliphatic rings. The Morgan fingerprint density at radius 3 is 2.71 bits per heavy atom. The zero-order valence-corrected chi connectivity index (χ0v) is 7.99. The molecular formula is C10H12N4. The van der Waals surface area contributed by atoms with Crippen molar-refractivity contribution in [2.45, 2.75) is 13.5 Å². The van der Waals surface area contributed by atoms with E-state index in [0.29, 0.717) is 6.54 Å². The summed E-state index contributed by atoms with van der Waals surface area (Å²) in [6.45, 7) is 2.43. The summed E-state index contributed by atoms with van der Waals surface area (Å²) in [4.78, 5) is 3.98. The van der Waals surface area contributed by atoms with E-state index in [2.05, 4.69) is 15.2 Å². The Morgan fingerprint density at radius 1 is 1.36 bits per heavy atom. The molecule has 72 valence electrons. The fraction of sp³-hybridized carbons (Fsp3) is 0.200. The highest BCUT2D eigenvalue weighted by atomic mass is 15.1. The third-order valence-corrected chi connectivity index (χ3v) is 2.18. The van der Waals surface area contributed by atoms with Crippen molar-refractivity contribution < 1.29 is 0 Å².